The van der Waals surface area contributed by atoms with Gasteiger partial charge in [-0.05, 0) is 31.4 Å². The van der Waals surface area contributed by atoms with E-state index in [0.29, 0.717) is 31.1 Å². The summed E-state index contributed by atoms with van der Waals surface area (Å²) in [5.41, 5.74) is 0.472. The first kappa shape index (κ1) is 19.3. The largest absolute Gasteiger partial charge is 0.493 e. The van der Waals surface area contributed by atoms with Crippen molar-refractivity contribution < 1.29 is 19.0 Å². The summed E-state index contributed by atoms with van der Waals surface area (Å²) in [5, 5.41) is 0. The molecule has 0 heterocycles. The maximum Gasteiger partial charge on any atom is 0.341 e. The van der Waals surface area contributed by atoms with Gasteiger partial charge in [0.25, 0.3) is 0 Å². The first-order chi connectivity index (χ1) is 11.2. The fraction of sp³-hybridized carbons (Fsp3) is 0.632. The van der Waals surface area contributed by atoms with E-state index in [9.17, 15) is 4.79 Å². The van der Waals surface area contributed by atoms with Gasteiger partial charge in [0.1, 0.15) is 17.1 Å². The van der Waals surface area contributed by atoms with Gasteiger partial charge in [-0.2, -0.15) is 0 Å². The zero-order valence-electron chi connectivity index (χ0n) is 14.7. The molecule has 0 aliphatic carbocycles. The van der Waals surface area contributed by atoms with Gasteiger partial charge in [0.2, 0.25) is 0 Å². The maximum absolute atomic E-state index is 12.2. The third-order valence-corrected chi connectivity index (χ3v) is 3.43. The molecule has 0 aliphatic heterocycles. The van der Waals surface area contributed by atoms with Gasteiger partial charge in [-0.3, -0.25) is 0 Å². The minimum Gasteiger partial charge on any atom is -0.493 e. The van der Waals surface area contributed by atoms with E-state index >= 15 is 0 Å². The van der Waals surface area contributed by atoms with E-state index in [-0.39, 0.29) is 5.97 Å². The number of hydrogen-bond donors (Lipinski definition) is 0. The number of esters is 1. The van der Waals surface area contributed by atoms with E-state index in [0.717, 1.165) is 44.3 Å². The lowest BCUT2D eigenvalue weighted by molar-refractivity contribution is 0.0495. The predicted molar refractivity (Wildman–Crippen MR) is 92.4 cm³/mol. The highest BCUT2D eigenvalue weighted by molar-refractivity contribution is 5.92. The summed E-state index contributed by atoms with van der Waals surface area (Å²) in [7, 11) is 0. The molecule has 23 heavy (non-hydrogen) atoms. The molecular formula is C19H30O4. The Hall–Kier alpha value is -1.71. The number of rotatable bonds is 12. The molecule has 130 valence electrons. The first-order valence-electron chi connectivity index (χ1n) is 8.79. The van der Waals surface area contributed by atoms with Crippen molar-refractivity contribution >= 4 is 5.97 Å². The van der Waals surface area contributed by atoms with Crippen molar-refractivity contribution in [3.05, 3.63) is 23.8 Å². The van der Waals surface area contributed by atoms with Crippen molar-refractivity contribution in [2.24, 2.45) is 0 Å². The van der Waals surface area contributed by atoms with Crippen LogP contribution in [-0.4, -0.2) is 25.8 Å². The standard InChI is InChI=1S/C19H30O4/c1-4-7-12-21-16-10-11-17(19(20)23-14-9-6-3)18(15-16)22-13-8-5-2/h10-11,15H,4-9,12-14H2,1-3H3. The summed E-state index contributed by atoms with van der Waals surface area (Å²) in [5.74, 6) is 0.953. The van der Waals surface area contributed by atoms with E-state index in [4.69, 9.17) is 14.2 Å². The summed E-state index contributed by atoms with van der Waals surface area (Å²) in [6.07, 6.45) is 5.95. The summed E-state index contributed by atoms with van der Waals surface area (Å²) >= 11 is 0. The predicted octanol–water partition coefficient (Wildman–Crippen LogP) is 5.00. The molecule has 0 aliphatic rings. The van der Waals surface area contributed by atoms with Gasteiger partial charge in [0.05, 0.1) is 19.8 Å². The Kier molecular flexibility index (Phi) is 9.92. The summed E-state index contributed by atoms with van der Waals surface area (Å²) in [4.78, 5) is 12.2. The normalized spacial score (nSPS) is 10.4. The molecule has 1 rings (SSSR count). The molecule has 1 aromatic carbocycles. The Morgan fingerprint density at radius 3 is 2.13 bits per heavy atom. The molecule has 0 saturated carbocycles. The number of hydrogen-bond acceptors (Lipinski definition) is 4. The average Bonchev–Trinajstić information content (AvgIpc) is 2.56. The van der Waals surface area contributed by atoms with Crippen LogP contribution in [0.5, 0.6) is 11.5 Å². The SMILES string of the molecule is CCCCOC(=O)c1ccc(OCCCC)cc1OCCCC. The van der Waals surface area contributed by atoms with Crippen molar-refractivity contribution in [2.75, 3.05) is 19.8 Å². The van der Waals surface area contributed by atoms with Gasteiger partial charge in [0, 0.05) is 6.07 Å². The minimum absolute atomic E-state index is 0.329. The molecule has 4 nitrogen and oxygen atoms in total. The van der Waals surface area contributed by atoms with Crippen LogP contribution in [0.15, 0.2) is 18.2 Å². The molecule has 0 bridgehead atoms. The van der Waals surface area contributed by atoms with Crippen LogP contribution < -0.4 is 9.47 Å². The smallest absolute Gasteiger partial charge is 0.341 e. The molecule has 0 aromatic heterocycles. The highest BCUT2D eigenvalue weighted by Gasteiger charge is 2.15. The molecule has 0 radical (unpaired) electrons. The topological polar surface area (TPSA) is 44.8 Å². The van der Waals surface area contributed by atoms with Crippen LogP contribution in [0.1, 0.15) is 69.7 Å². The lowest BCUT2D eigenvalue weighted by atomic mass is 10.2. The van der Waals surface area contributed by atoms with Gasteiger partial charge < -0.3 is 14.2 Å². The van der Waals surface area contributed by atoms with Crippen LogP contribution in [0.25, 0.3) is 0 Å². The monoisotopic (exact) mass is 322 g/mol. The molecule has 0 N–H and O–H groups in total. The molecule has 0 amide bonds. The lowest BCUT2D eigenvalue weighted by Gasteiger charge is -2.13. The average molecular weight is 322 g/mol. The second-order valence-corrected chi connectivity index (χ2v) is 5.55. The van der Waals surface area contributed by atoms with Crippen LogP contribution in [0.2, 0.25) is 0 Å². The van der Waals surface area contributed by atoms with Crippen molar-refractivity contribution in [3.63, 3.8) is 0 Å². The van der Waals surface area contributed by atoms with Crippen molar-refractivity contribution in [2.45, 2.75) is 59.3 Å². The third kappa shape index (κ3) is 7.40. The van der Waals surface area contributed by atoms with Crippen molar-refractivity contribution in [1.82, 2.24) is 0 Å². The Balaban J connectivity index is 2.78. The zero-order valence-corrected chi connectivity index (χ0v) is 14.7. The van der Waals surface area contributed by atoms with Gasteiger partial charge in [-0.15, -0.1) is 0 Å². The van der Waals surface area contributed by atoms with Crippen LogP contribution in [0.4, 0.5) is 0 Å². The Morgan fingerprint density at radius 2 is 1.48 bits per heavy atom. The number of benzene rings is 1. The summed E-state index contributed by atoms with van der Waals surface area (Å²) in [6.45, 7) is 8.00. The minimum atomic E-state index is -0.329. The van der Waals surface area contributed by atoms with E-state index in [1.54, 1.807) is 18.2 Å². The van der Waals surface area contributed by atoms with E-state index in [1.165, 1.54) is 0 Å². The molecule has 1 aromatic rings. The number of unbranched alkanes of at least 4 members (excludes halogenated alkanes) is 3. The quantitative estimate of drug-likeness (QED) is 0.401. The molecular weight excluding hydrogens is 292 g/mol. The zero-order chi connectivity index (χ0) is 16.9. The van der Waals surface area contributed by atoms with Crippen LogP contribution >= 0.6 is 0 Å². The Bertz CT molecular complexity index is 457. The van der Waals surface area contributed by atoms with E-state index < -0.39 is 0 Å². The van der Waals surface area contributed by atoms with Crippen LogP contribution in [0, 0.1) is 0 Å². The summed E-state index contributed by atoms with van der Waals surface area (Å²) < 4.78 is 16.8. The van der Waals surface area contributed by atoms with Gasteiger partial charge >= 0.3 is 5.97 Å². The molecule has 0 atom stereocenters. The first-order valence-corrected chi connectivity index (χ1v) is 8.79. The Morgan fingerprint density at radius 1 is 0.870 bits per heavy atom. The highest BCUT2D eigenvalue weighted by Crippen LogP contribution is 2.26. The van der Waals surface area contributed by atoms with E-state index in [2.05, 4.69) is 20.8 Å². The second kappa shape index (κ2) is 11.8. The second-order valence-electron chi connectivity index (χ2n) is 5.55. The fourth-order valence-corrected chi connectivity index (χ4v) is 1.93. The van der Waals surface area contributed by atoms with Gasteiger partial charge in [-0.1, -0.05) is 40.0 Å². The molecule has 0 saturated heterocycles. The van der Waals surface area contributed by atoms with Crippen LogP contribution in [-0.2, 0) is 4.74 Å². The molecule has 4 heteroatoms. The maximum atomic E-state index is 12.2. The highest BCUT2D eigenvalue weighted by atomic mass is 16.5. The van der Waals surface area contributed by atoms with Crippen molar-refractivity contribution in [3.8, 4) is 11.5 Å². The number of carbonyl (C=O) groups is 1. The van der Waals surface area contributed by atoms with E-state index in [1.807, 2.05) is 0 Å². The van der Waals surface area contributed by atoms with Gasteiger partial charge in [0.15, 0.2) is 0 Å². The number of carbonyl (C=O) groups excluding carboxylic acids is 1. The van der Waals surface area contributed by atoms with Crippen LogP contribution in [0.3, 0.4) is 0 Å². The van der Waals surface area contributed by atoms with Gasteiger partial charge in [-0.25, -0.2) is 4.79 Å². The lowest BCUT2D eigenvalue weighted by Crippen LogP contribution is -2.10. The summed E-state index contributed by atoms with van der Waals surface area (Å²) in [6, 6.07) is 5.33. The number of ether oxygens (including phenoxy) is 3. The third-order valence-electron chi connectivity index (χ3n) is 3.43. The molecule has 0 spiro atoms. The molecule has 0 unspecified atom stereocenters. The fourth-order valence-electron chi connectivity index (χ4n) is 1.93. The Labute approximate surface area is 140 Å². The molecule has 0 fully saturated rings. The van der Waals surface area contributed by atoms with Crippen molar-refractivity contribution in [1.29, 1.82) is 0 Å².